The van der Waals surface area contributed by atoms with Crippen molar-refractivity contribution in [1.29, 1.82) is 0 Å². The van der Waals surface area contributed by atoms with Crippen molar-refractivity contribution < 1.29 is 14.6 Å². The molecule has 6 nitrogen and oxygen atoms in total. The van der Waals surface area contributed by atoms with Crippen molar-refractivity contribution in [2.75, 3.05) is 19.0 Å². The third kappa shape index (κ3) is 4.49. The normalized spacial score (nSPS) is 14.9. The molecule has 7 heteroatoms. The topological polar surface area (TPSA) is 75.5 Å². The van der Waals surface area contributed by atoms with E-state index >= 15 is 0 Å². The predicted octanol–water partition coefficient (Wildman–Crippen LogP) is 5.86. The highest BCUT2D eigenvalue weighted by Gasteiger charge is 2.34. The average Bonchev–Trinajstić information content (AvgIpc) is 3.07. The number of anilines is 1. The smallest absolute Gasteiger partial charge is 0.337 e. The van der Waals surface area contributed by atoms with Gasteiger partial charge in [-0.3, -0.25) is 0 Å². The fourth-order valence-electron chi connectivity index (χ4n) is 4.80. The highest BCUT2D eigenvalue weighted by Crippen LogP contribution is 2.46. The number of fused-ring (bicyclic) bond motifs is 3. The standard InChI is InChI=1S/C26H33N3O3S/c1-14-12-16(13-27-23(14)29(6)7)20-19(22(25(30)31)32-26(3,4)5)15(2)28-24-21(20)17-10-8-9-11-18(17)33-24/h12-13,22H,8-11H2,1-7H3,(H,30,31)/t22-/m0/s1. The van der Waals surface area contributed by atoms with Crippen molar-refractivity contribution in [1.82, 2.24) is 9.97 Å². The molecule has 0 unspecified atom stereocenters. The van der Waals surface area contributed by atoms with Crippen LogP contribution >= 0.6 is 11.3 Å². The van der Waals surface area contributed by atoms with Crippen LogP contribution in [0.1, 0.15) is 67.0 Å². The summed E-state index contributed by atoms with van der Waals surface area (Å²) in [5, 5.41) is 11.3. The highest BCUT2D eigenvalue weighted by molar-refractivity contribution is 7.19. The number of carbonyl (C=O) groups is 1. The Kier molecular flexibility index (Phi) is 6.22. The Hall–Kier alpha value is -2.51. The van der Waals surface area contributed by atoms with Crippen LogP contribution in [0.3, 0.4) is 0 Å². The van der Waals surface area contributed by atoms with E-state index in [1.807, 2.05) is 59.8 Å². The minimum atomic E-state index is -1.12. The zero-order valence-corrected chi connectivity index (χ0v) is 21.4. The summed E-state index contributed by atoms with van der Waals surface area (Å²) < 4.78 is 6.13. The van der Waals surface area contributed by atoms with Crippen molar-refractivity contribution >= 4 is 33.3 Å². The number of hydrogen-bond donors (Lipinski definition) is 1. The molecule has 4 rings (SSSR count). The second kappa shape index (κ2) is 8.69. The molecule has 0 radical (unpaired) electrons. The second-order valence-corrected chi connectivity index (χ2v) is 11.2. The molecule has 3 heterocycles. The lowest BCUT2D eigenvalue weighted by atomic mass is 9.88. The molecule has 0 fully saturated rings. The van der Waals surface area contributed by atoms with E-state index in [0.29, 0.717) is 11.3 Å². The number of carboxylic acids is 1. The molecular formula is C26H33N3O3S. The lowest BCUT2D eigenvalue weighted by Gasteiger charge is -2.28. The van der Waals surface area contributed by atoms with Crippen molar-refractivity contribution in [2.45, 2.75) is 72.0 Å². The van der Waals surface area contributed by atoms with Gasteiger partial charge in [0, 0.05) is 52.9 Å². The number of aryl methyl sites for hydroxylation is 4. The lowest BCUT2D eigenvalue weighted by molar-refractivity contribution is -0.160. The molecule has 0 saturated heterocycles. The predicted molar refractivity (Wildman–Crippen MR) is 135 cm³/mol. The Morgan fingerprint density at radius 2 is 1.91 bits per heavy atom. The van der Waals surface area contributed by atoms with Crippen molar-refractivity contribution in [3.63, 3.8) is 0 Å². The van der Waals surface area contributed by atoms with Gasteiger partial charge in [-0.2, -0.15) is 0 Å². The van der Waals surface area contributed by atoms with Gasteiger partial charge < -0.3 is 14.7 Å². The first-order chi connectivity index (χ1) is 15.5. The first-order valence-electron chi connectivity index (χ1n) is 11.5. The van der Waals surface area contributed by atoms with E-state index in [9.17, 15) is 9.90 Å². The Morgan fingerprint density at radius 1 is 1.21 bits per heavy atom. The van der Waals surface area contributed by atoms with Gasteiger partial charge in [0.15, 0.2) is 6.10 Å². The van der Waals surface area contributed by atoms with E-state index in [0.717, 1.165) is 52.0 Å². The number of pyridine rings is 2. The lowest BCUT2D eigenvalue weighted by Crippen LogP contribution is -2.28. The van der Waals surface area contributed by atoms with Gasteiger partial charge in [0.25, 0.3) is 0 Å². The van der Waals surface area contributed by atoms with E-state index in [1.165, 1.54) is 16.9 Å². The van der Waals surface area contributed by atoms with E-state index in [1.54, 1.807) is 11.3 Å². The van der Waals surface area contributed by atoms with E-state index < -0.39 is 17.7 Å². The maximum atomic E-state index is 12.5. The molecule has 3 aromatic heterocycles. The first-order valence-corrected chi connectivity index (χ1v) is 12.3. The monoisotopic (exact) mass is 467 g/mol. The Labute approximate surface area is 199 Å². The van der Waals surface area contributed by atoms with Gasteiger partial charge in [-0.1, -0.05) is 0 Å². The van der Waals surface area contributed by atoms with Gasteiger partial charge in [0.1, 0.15) is 10.6 Å². The zero-order chi connectivity index (χ0) is 24.1. The summed E-state index contributed by atoms with van der Waals surface area (Å²) in [5.74, 6) is -0.107. The zero-order valence-electron chi connectivity index (χ0n) is 20.6. The summed E-state index contributed by atoms with van der Waals surface area (Å²) >= 11 is 1.75. The van der Waals surface area contributed by atoms with Gasteiger partial charge in [0.05, 0.1) is 5.60 Å². The molecule has 33 heavy (non-hydrogen) atoms. The molecule has 3 aromatic rings. The minimum absolute atomic E-state index is 0.626. The number of rotatable bonds is 5. The molecule has 0 aromatic carbocycles. The molecule has 0 aliphatic heterocycles. The Bertz CT molecular complexity index is 1220. The fourth-order valence-corrected chi connectivity index (χ4v) is 6.11. The molecule has 1 N–H and O–H groups in total. The molecule has 0 saturated carbocycles. The molecular weight excluding hydrogens is 434 g/mol. The number of aliphatic carboxylic acids is 1. The van der Waals surface area contributed by atoms with Gasteiger partial charge in [-0.25, -0.2) is 14.8 Å². The van der Waals surface area contributed by atoms with E-state index in [2.05, 4.69) is 6.07 Å². The van der Waals surface area contributed by atoms with Crippen molar-refractivity contribution in [2.24, 2.45) is 0 Å². The van der Waals surface area contributed by atoms with Gasteiger partial charge in [-0.15, -0.1) is 11.3 Å². The van der Waals surface area contributed by atoms with Crippen LogP contribution in [0.15, 0.2) is 12.3 Å². The maximum absolute atomic E-state index is 12.5. The van der Waals surface area contributed by atoms with Crippen LogP contribution in [0.25, 0.3) is 21.3 Å². The first kappa shape index (κ1) is 23.6. The van der Waals surface area contributed by atoms with Crippen molar-refractivity contribution in [3.05, 3.63) is 39.5 Å². The van der Waals surface area contributed by atoms with Gasteiger partial charge in [-0.05, 0) is 77.5 Å². The molecule has 0 bridgehead atoms. The van der Waals surface area contributed by atoms with Crippen molar-refractivity contribution in [3.8, 4) is 11.1 Å². The van der Waals surface area contributed by atoms with Crippen LogP contribution < -0.4 is 4.90 Å². The third-order valence-electron chi connectivity index (χ3n) is 6.05. The summed E-state index contributed by atoms with van der Waals surface area (Å²) in [4.78, 5) is 26.5. The van der Waals surface area contributed by atoms with Crippen LogP contribution in [0.5, 0.6) is 0 Å². The summed E-state index contributed by atoms with van der Waals surface area (Å²) in [7, 11) is 3.95. The average molecular weight is 468 g/mol. The number of hydrogen-bond acceptors (Lipinski definition) is 6. The summed E-state index contributed by atoms with van der Waals surface area (Å²) in [6.07, 6.45) is 5.12. The Morgan fingerprint density at radius 3 is 2.52 bits per heavy atom. The quantitative estimate of drug-likeness (QED) is 0.506. The van der Waals surface area contributed by atoms with E-state index in [-0.39, 0.29) is 0 Å². The SMILES string of the molecule is Cc1cc(-c2c([C@H](OC(C)(C)C)C(=O)O)c(C)nc3sc4c(c23)CCCC4)cnc1N(C)C. The molecule has 1 aliphatic rings. The van der Waals surface area contributed by atoms with Crippen LogP contribution in [-0.4, -0.2) is 40.7 Å². The fraction of sp³-hybridized carbons (Fsp3) is 0.500. The third-order valence-corrected chi connectivity index (χ3v) is 7.24. The Balaban J connectivity index is 2.08. The van der Waals surface area contributed by atoms with Crippen LogP contribution in [0, 0.1) is 13.8 Å². The van der Waals surface area contributed by atoms with Gasteiger partial charge in [0.2, 0.25) is 0 Å². The minimum Gasteiger partial charge on any atom is -0.479 e. The maximum Gasteiger partial charge on any atom is 0.337 e. The largest absolute Gasteiger partial charge is 0.479 e. The number of carboxylic acid groups (broad SMARTS) is 1. The second-order valence-electron chi connectivity index (χ2n) is 10.1. The number of nitrogens with zero attached hydrogens (tertiary/aromatic N) is 3. The van der Waals surface area contributed by atoms with Crippen LogP contribution in [0.4, 0.5) is 5.82 Å². The summed E-state index contributed by atoms with van der Waals surface area (Å²) in [6, 6.07) is 2.11. The highest BCUT2D eigenvalue weighted by atomic mass is 32.1. The molecule has 176 valence electrons. The van der Waals surface area contributed by atoms with Gasteiger partial charge >= 0.3 is 5.97 Å². The van der Waals surface area contributed by atoms with Crippen LogP contribution in [0.2, 0.25) is 0 Å². The number of ether oxygens (including phenoxy) is 1. The summed E-state index contributed by atoms with van der Waals surface area (Å²) in [6.45, 7) is 9.59. The number of thiophene rings is 1. The molecule has 1 atom stereocenters. The van der Waals surface area contributed by atoms with Crippen LogP contribution in [-0.2, 0) is 22.4 Å². The molecule has 0 amide bonds. The van der Waals surface area contributed by atoms with E-state index in [4.69, 9.17) is 14.7 Å². The summed E-state index contributed by atoms with van der Waals surface area (Å²) in [5.41, 5.74) is 4.89. The molecule has 1 aliphatic carbocycles. The molecule has 0 spiro atoms. The number of aromatic nitrogens is 2.